The molecule has 1 aromatic heterocycles. The third-order valence-electron chi connectivity index (χ3n) is 0.955. The Bertz CT molecular complexity index is 225. The third kappa shape index (κ3) is 3.38. The summed E-state index contributed by atoms with van der Waals surface area (Å²) in [6, 6.07) is 1.63. The second-order valence-corrected chi connectivity index (χ2v) is 5.34. The monoisotopic (exact) mass is 175 g/mol. The first-order chi connectivity index (χ1) is 5.11. The molecule has 0 radical (unpaired) electrons. The van der Waals surface area contributed by atoms with Gasteiger partial charge in [0.15, 0.2) is 5.50 Å². The number of hydrogen-bond acceptors (Lipinski definition) is 3. The summed E-state index contributed by atoms with van der Waals surface area (Å²) in [5.41, 5.74) is 0.488. The Kier molecular flexibility index (Phi) is 4.12. The molecule has 0 fully saturated rings. The van der Waals surface area contributed by atoms with E-state index >= 15 is 0 Å². The van der Waals surface area contributed by atoms with E-state index in [4.69, 9.17) is 0 Å². The van der Waals surface area contributed by atoms with E-state index in [0.29, 0.717) is 5.50 Å². The van der Waals surface area contributed by atoms with Crippen molar-refractivity contribution in [3.05, 3.63) is 12.3 Å². The highest BCUT2D eigenvalue weighted by Crippen LogP contribution is 2.33. The lowest BCUT2D eigenvalue weighted by Gasteiger charge is -1.96. The summed E-state index contributed by atoms with van der Waals surface area (Å²) in [5.74, 6) is 0. The molecule has 0 amide bonds. The first kappa shape index (κ1) is 10.4. The minimum absolute atomic E-state index is 0.488. The van der Waals surface area contributed by atoms with Crippen molar-refractivity contribution < 1.29 is 9.09 Å². The first-order valence-corrected chi connectivity index (χ1v) is 6.17. The molecule has 0 saturated carbocycles. The highest BCUT2D eigenvalue weighted by atomic mass is 31.2. The molecule has 0 aliphatic carbocycles. The quantitative estimate of drug-likeness (QED) is 0.612. The normalized spacial score (nSPS) is 10.2. The Balaban J connectivity index is 0.000000461. The lowest BCUT2D eigenvalue weighted by molar-refractivity contribution is 0.442. The van der Waals surface area contributed by atoms with Gasteiger partial charge in [0.25, 0.3) is 0 Å². The molecule has 0 N–H and O–H groups in total. The van der Waals surface area contributed by atoms with Crippen molar-refractivity contribution in [3.63, 3.8) is 0 Å². The van der Waals surface area contributed by atoms with Gasteiger partial charge in [-0.1, -0.05) is 19.0 Å². The molecule has 11 heavy (non-hydrogen) atoms. The van der Waals surface area contributed by atoms with Crippen molar-refractivity contribution in [1.82, 2.24) is 5.16 Å². The predicted molar refractivity (Wildman–Crippen MR) is 46.9 cm³/mol. The molecular formula is C7H14NO2P. The van der Waals surface area contributed by atoms with Gasteiger partial charge in [-0.25, -0.2) is 0 Å². The predicted octanol–water partition coefficient (Wildman–Crippen LogP) is 1.95. The standard InChI is InChI=1S/C5H8NO2P.C2H6/c1-9(2,7)5-3-4-6-8-5;1-2/h3-4H,1-2H3;1-2H3. The van der Waals surface area contributed by atoms with Crippen molar-refractivity contribution in [3.8, 4) is 0 Å². The van der Waals surface area contributed by atoms with E-state index in [1.165, 1.54) is 6.20 Å². The molecule has 0 aliphatic heterocycles. The summed E-state index contributed by atoms with van der Waals surface area (Å²) in [6.07, 6.45) is 1.50. The fourth-order valence-electron chi connectivity index (χ4n) is 0.487. The van der Waals surface area contributed by atoms with Crippen LogP contribution in [0.4, 0.5) is 0 Å². The van der Waals surface area contributed by atoms with E-state index in [9.17, 15) is 4.57 Å². The molecule has 0 unspecified atom stereocenters. The van der Waals surface area contributed by atoms with Crippen LogP contribution in [0, 0.1) is 0 Å². The highest BCUT2D eigenvalue weighted by molar-refractivity contribution is 7.69. The fourth-order valence-corrected chi connectivity index (χ4v) is 1.16. The molecule has 0 bridgehead atoms. The molecule has 4 heteroatoms. The average molecular weight is 175 g/mol. The van der Waals surface area contributed by atoms with Gasteiger partial charge in [0.2, 0.25) is 0 Å². The van der Waals surface area contributed by atoms with Crippen LogP contribution >= 0.6 is 7.14 Å². The Hall–Kier alpha value is -0.560. The Morgan fingerprint density at radius 1 is 1.45 bits per heavy atom. The van der Waals surface area contributed by atoms with E-state index in [1.54, 1.807) is 19.4 Å². The van der Waals surface area contributed by atoms with Crippen LogP contribution in [0.15, 0.2) is 16.8 Å². The molecule has 3 nitrogen and oxygen atoms in total. The van der Waals surface area contributed by atoms with Crippen LogP contribution in [-0.2, 0) is 4.57 Å². The molecule has 0 aliphatic rings. The number of aromatic nitrogens is 1. The van der Waals surface area contributed by atoms with Gasteiger partial charge in [-0.2, -0.15) is 0 Å². The molecular weight excluding hydrogens is 161 g/mol. The maximum absolute atomic E-state index is 11.1. The van der Waals surface area contributed by atoms with Gasteiger partial charge < -0.3 is 9.09 Å². The molecule has 1 heterocycles. The second-order valence-electron chi connectivity index (χ2n) is 2.20. The first-order valence-electron chi connectivity index (χ1n) is 3.57. The molecule has 1 aromatic rings. The van der Waals surface area contributed by atoms with E-state index < -0.39 is 7.14 Å². The zero-order valence-electron chi connectivity index (χ0n) is 7.37. The number of rotatable bonds is 1. The van der Waals surface area contributed by atoms with Gasteiger partial charge in [0.05, 0.1) is 6.20 Å². The summed E-state index contributed by atoms with van der Waals surface area (Å²) in [4.78, 5) is 0. The number of hydrogen-bond donors (Lipinski definition) is 0. The van der Waals surface area contributed by atoms with Crippen molar-refractivity contribution >= 4 is 12.6 Å². The zero-order valence-corrected chi connectivity index (χ0v) is 8.26. The van der Waals surface area contributed by atoms with Crippen LogP contribution in [0.3, 0.4) is 0 Å². The van der Waals surface area contributed by atoms with Gasteiger partial charge in [-0.15, -0.1) is 0 Å². The maximum atomic E-state index is 11.1. The van der Waals surface area contributed by atoms with Gasteiger partial charge in [-0.3, -0.25) is 0 Å². The molecule has 0 atom stereocenters. The smallest absolute Gasteiger partial charge is 0.194 e. The molecule has 64 valence electrons. The Morgan fingerprint density at radius 3 is 2.18 bits per heavy atom. The van der Waals surface area contributed by atoms with Crippen molar-refractivity contribution in [2.45, 2.75) is 13.8 Å². The summed E-state index contributed by atoms with van der Waals surface area (Å²) in [5, 5.41) is 3.44. The third-order valence-corrected chi connectivity index (χ3v) is 2.25. The lowest BCUT2D eigenvalue weighted by atomic mass is 10.8. The van der Waals surface area contributed by atoms with Crippen LogP contribution in [0.25, 0.3) is 0 Å². The maximum Gasteiger partial charge on any atom is 0.194 e. The molecule has 0 aromatic carbocycles. The van der Waals surface area contributed by atoms with E-state index in [0.717, 1.165) is 0 Å². The summed E-state index contributed by atoms with van der Waals surface area (Å²) < 4.78 is 15.8. The van der Waals surface area contributed by atoms with Crippen LogP contribution in [0.1, 0.15) is 13.8 Å². The van der Waals surface area contributed by atoms with Gasteiger partial charge in [0, 0.05) is 6.07 Å². The molecule has 1 rings (SSSR count). The van der Waals surface area contributed by atoms with Crippen molar-refractivity contribution in [2.75, 3.05) is 13.3 Å². The van der Waals surface area contributed by atoms with Crippen LogP contribution in [0.2, 0.25) is 0 Å². The summed E-state index contributed by atoms with van der Waals surface area (Å²) in [7, 11) is -2.20. The second kappa shape index (κ2) is 4.35. The van der Waals surface area contributed by atoms with E-state index in [-0.39, 0.29) is 0 Å². The fraction of sp³-hybridized carbons (Fsp3) is 0.571. The van der Waals surface area contributed by atoms with Crippen molar-refractivity contribution in [2.24, 2.45) is 0 Å². The van der Waals surface area contributed by atoms with Crippen molar-refractivity contribution in [1.29, 1.82) is 0 Å². The minimum Gasteiger partial charge on any atom is -0.353 e. The molecule has 0 spiro atoms. The highest BCUT2D eigenvalue weighted by Gasteiger charge is 2.13. The lowest BCUT2D eigenvalue weighted by Crippen LogP contribution is -1.96. The van der Waals surface area contributed by atoms with Gasteiger partial charge >= 0.3 is 0 Å². The number of nitrogens with zero attached hydrogens (tertiary/aromatic N) is 1. The van der Waals surface area contributed by atoms with E-state index in [2.05, 4.69) is 9.68 Å². The molecule has 0 saturated heterocycles. The summed E-state index contributed by atoms with van der Waals surface area (Å²) >= 11 is 0. The SMILES string of the molecule is CC.CP(C)(=O)c1ccno1. The van der Waals surface area contributed by atoms with Gasteiger partial charge in [-0.05, 0) is 13.3 Å². The Morgan fingerprint density at radius 2 is 2.00 bits per heavy atom. The van der Waals surface area contributed by atoms with Gasteiger partial charge in [0.1, 0.15) is 7.14 Å². The van der Waals surface area contributed by atoms with Crippen LogP contribution in [0.5, 0.6) is 0 Å². The van der Waals surface area contributed by atoms with Crippen LogP contribution < -0.4 is 5.50 Å². The van der Waals surface area contributed by atoms with E-state index in [1.807, 2.05) is 13.8 Å². The van der Waals surface area contributed by atoms with Crippen LogP contribution in [-0.4, -0.2) is 18.5 Å². The topological polar surface area (TPSA) is 43.1 Å². The largest absolute Gasteiger partial charge is 0.353 e. The summed E-state index contributed by atoms with van der Waals surface area (Å²) in [6.45, 7) is 7.29. The minimum atomic E-state index is -2.20. The Labute approximate surface area is 67.2 Å². The zero-order chi connectivity index (χ0) is 8.91. The average Bonchev–Trinajstić information content (AvgIpc) is 2.40.